The highest BCUT2D eigenvalue weighted by atomic mass is 32.1. The van der Waals surface area contributed by atoms with Crippen molar-refractivity contribution in [1.82, 2.24) is 21.3 Å². The number of carbonyl (C=O) groups excluding carboxylic acids is 2. The van der Waals surface area contributed by atoms with Crippen molar-refractivity contribution in [3.8, 4) is 34.5 Å². The van der Waals surface area contributed by atoms with E-state index in [4.69, 9.17) is 52.9 Å². The van der Waals surface area contributed by atoms with Gasteiger partial charge in [-0.3, -0.25) is 20.2 Å². The van der Waals surface area contributed by atoms with Crippen LogP contribution in [0.4, 0.5) is 0 Å². The molecule has 2 heterocycles. The summed E-state index contributed by atoms with van der Waals surface area (Å²) in [6, 6.07) is 6.96. The van der Waals surface area contributed by atoms with Gasteiger partial charge in [-0.2, -0.15) is 0 Å². The molecule has 0 aliphatic carbocycles. The van der Waals surface area contributed by atoms with Crippen LogP contribution in [0.15, 0.2) is 35.7 Å². The van der Waals surface area contributed by atoms with Gasteiger partial charge in [0.25, 0.3) is 11.8 Å². The number of amides is 2. The largest absolute Gasteiger partial charge is 0.493 e. The summed E-state index contributed by atoms with van der Waals surface area (Å²) in [6.45, 7) is 0. The van der Waals surface area contributed by atoms with Gasteiger partial charge in [0.15, 0.2) is 33.2 Å². The lowest BCUT2D eigenvalue weighted by Gasteiger charge is -2.13. The summed E-state index contributed by atoms with van der Waals surface area (Å²) in [7, 11) is 9.19. The summed E-state index contributed by atoms with van der Waals surface area (Å²) in [5, 5.41) is 11.1. The standard InChI is InChI=1S/2C13H14N2O4S/c2*1-17-9-5-7(6-10(18-2)11(9)19-3)4-8-12(16)15-13(20)14-8/h2*4-6H,1-3H3,(H2,14,15,16,20)/b2*8-4-. The monoisotopic (exact) mass is 588 g/mol. The quantitative estimate of drug-likeness (QED) is 0.266. The van der Waals surface area contributed by atoms with Crippen LogP contribution in [-0.4, -0.2) is 64.7 Å². The van der Waals surface area contributed by atoms with Crippen molar-refractivity contribution in [2.24, 2.45) is 0 Å². The highest BCUT2D eigenvalue weighted by Gasteiger charge is 2.22. The van der Waals surface area contributed by atoms with Gasteiger partial charge in [0.05, 0.1) is 42.7 Å². The fraction of sp³-hybridized carbons (Fsp3) is 0.231. The molecule has 2 aliphatic heterocycles. The molecule has 2 aliphatic rings. The Morgan fingerprint density at radius 2 is 0.825 bits per heavy atom. The predicted octanol–water partition coefficient (Wildman–Crippen LogP) is 2.12. The van der Waals surface area contributed by atoms with Crippen molar-refractivity contribution in [2.45, 2.75) is 0 Å². The number of thiocarbonyl (C=S) groups is 2. The van der Waals surface area contributed by atoms with E-state index in [9.17, 15) is 9.59 Å². The van der Waals surface area contributed by atoms with Gasteiger partial charge in [-0.25, -0.2) is 0 Å². The average molecular weight is 589 g/mol. The Morgan fingerprint density at radius 1 is 0.525 bits per heavy atom. The molecule has 0 spiro atoms. The molecule has 0 unspecified atom stereocenters. The lowest BCUT2D eigenvalue weighted by molar-refractivity contribution is -0.116. The van der Waals surface area contributed by atoms with Crippen LogP contribution in [0.1, 0.15) is 11.1 Å². The highest BCUT2D eigenvalue weighted by molar-refractivity contribution is 7.80. The van der Waals surface area contributed by atoms with E-state index in [2.05, 4.69) is 21.3 Å². The van der Waals surface area contributed by atoms with Gasteiger partial charge in [-0.15, -0.1) is 0 Å². The normalized spacial score (nSPS) is 15.8. The predicted molar refractivity (Wildman–Crippen MR) is 156 cm³/mol. The van der Waals surface area contributed by atoms with Gasteiger partial charge in [-0.05, 0) is 72.0 Å². The Bertz CT molecular complexity index is 1250. The molecule has 2 saturated heterocycles. The van der Waals surface area contributed by atoms with Crippen LogP contribution in [0.5, 0.6) is 34.5 Å². The first-order valence-electron chi connectivity index (χ1n) is 11.5. The van der Waals surface area contributed by atoms with E-state index in [1.807, 2.05) is 0 Å². The van der Waals surface area contributed by atoms with E-state index in [1.54, 1.807) is 36.4 Å². The van der Waals surface area contributed by atoms with Crippen LogP contribution < -0.4 is 49.7 Å². The molecular weight excluding hydrogens is 560 g/mol. The third kappa shape index (κ3) is 6.90. The van der Waals surface area contributed by atoms with Crippen molar-refractivity contribution in [1.29, 1.82) is 0 Å². The van der Waals surface area contributed by atoms with E-state index in [0.717, 1.165) is 11.1 Å². The van der Waals surface area contributed by atoms with Gasteiger partial charge in [0.1, 0.15) is 11.4 Å². The zero-order valence-corrected chi connectivity index (χ0v) is 24.2. The second kappa shape index (κ2) is 13.5. The summed E-state index contributed by atoms with van der Waals surface area (Å²) >= 11 is 9.75. The zero-order chi connectivity index (χ0) is 29.4. The van der Waals surface area contributed by atoms with Crippen molar-refractivity contribution in [3.05, 3.63) is 46.8 Å². The number of ether oxygens (including phenoxy) is 6. The van der Waals surface area contributed by atoms with Crippen molar-refractivity contribution in [3.63, 3.8) is 0 Å². The Labute approximate surface area is 241 Å². The minimum Gasteiger partial charge on any atom is -0.493 e. The highest BCUT2D eigenvalue weighted by Crippen LogP contribution is 2.39. The lowest BCUT2D eigenvalue weighted by Crippen LogP contribution is -2.21. The van der Waals surface area contributed by atoms with Crippen LogP contribution >= 0.6 is 24.4 Å². The van der Waals surface area contributed by atoms with Crippen LogP contribution in [-0.2, 0) is 9.59 Å². The van der Waals surface area contributed by atoms with Crippen LogP contribution in [0.3, 0.4) is 0 Å². The first-order valence-corrected chi connectivity index (χ1v) is 12.3. The Kier molecular flexibility index (Phi) is 10.1. The lowest BCUT2D eigenvalue weighted by atomic mass is 10.1. The molecule has 0 bridgehead atoms. The SMILES string of the molecule is COc1cc(/C=C2\NC(=S)NC2=O)cc(OC)c1OC.COc1cc(/C=C2\NC(=S)NC2=O)cc(OC)c1OC. The van der Waals surface area contributed by atoms with Crippen LogP contribution in [0.2, 0.25) is 0 Å². The fourth-order valence-corrected chi connectivity index (χ4v) is 4.07. The molecule has 0 aromatic heterocycles. The van der Waals surface area contributed by atoms with Crippen LogP contribution in [0.25, 0.3) is 12.2 Å². The number of carbonyl (C=O) groups is 2. The molecule has 40 heavy (non-hydrogen) atoms. The number of nitrogens with one attached hydrogen (secondary N) is 4. The van der Waals surface area contributed by atoms with Crippen molar-refractivity contribution in [2.75, 3.05) is 42.7 Å². The van der Waals surface area contributed by atoms with Crippen LogP contribution in [0, 0.1) is 0 Å². The Balaban J connectivity index is 0.000000220. The molecule has 2 aromatic rings. The van der Waals surface area contributed by atoms with Crippen molar-refractivity contribution >= 4 is 58.6 Å². The second-order valence-electron chi connectivity index (χ2n) is 7.85. The maximum Gasteiger partial charge on any atom is 0.273 e. The van der Waals surface area contributed by atoms with E-state index in [-0.39, 0.29) is 22.0 Å². The van der Waals surface area contributed by atoms with Gasteiger partial charge in [0.2, 0.25) is 11.5 Å². The first kappa shape index (κ1) is 30.0. The topological polar surface area (TPSA) is 138 Å². The molecule has 2 aromatic carbocycles. The molecule has 2 amide bonds. The molecule has 12 nitrogen and oxygen atoms in total. The molecule has 4 N–H and O–H groups in total. The number of hydrogen-bond donors (Lipinski definition) is 4. The van der Waals surface area contributed by atoms with Gasteiger partial charge >= 0.3 is 0 Å². The number of rotatable bonds is 8. The number of methoxy groups -OCH3 is 6. The van der Waals surface area contributed by atoms with E-state index < -0.39 is 0 Å². The molecule has 0 atom stereocenters. The maximum absolute atomic E-state index is 11.6. The summed E-state index contributed by atoms with van der Waals surface area (Å²) in [4.78, 5) is 23.2. The number of benzene rings is 2. The molecule has 0 radical (unpaired) electrons. The molecular formula is C26H28N4O8S2. The zero-order valence-electron chi connectivity index (χ0n) is 22.5. The minimum absolute atomic E-state index is 0.274. The minimum atomic E-state index is -0.274. The third-order valence-corrected chi connectivity index (χ3v) is 5.84. The van der Waals surface area contributed by atoms with Gasteiger partial charge in [-0.1, -0.05) is 0 Å². The van der Waals surface area contributed by atoms with E-state index >= 15 is 0 Å². The first-order chi connectivity index (χ1) is 19.2. The van der Waals surface area contributed by atoms with Gasteiger partial charge < -0.3 is 39.1 Å². The Hall–Kier alpha value is -4.56. The molecule has 14 heteroatoms. The Morgan fingerprint density at radius 3 is 1.02 bits per heavy atom. The summed E-state index contributed by atoms with van der Waals surface area (Å²) in [6.07, 6.45) is 3.30. The average Bonchev–Trinajstić information content (AvgIpc) is 3.44. The smallest absolute Gasteiger partial charge is 0.273 e. The van der Waals surface area contributed by atoms with Gasteiger partial charge in [0, 0.05) is 0 Å². The summed E-state index contributed by atoms with van der Waals surface area (Å²) < 4.78 is 31.5. The summed E-state index contributed by atoms with van der Waals surface area (Å²) in [5.41, 5.74) is 2.18. The van der Waals surface area contributed by atoms with Crippen molar-refractivity contribution < 1.29 is 38.0 Å². The molecule has 2 fully saturated rings. The van der Waals surface area contributed by atoms with E-state index in [0.29, 0.717) is 45.9 Å². The second-order valence-corrected chi connectivity index (χ2v) is 8.67. The fourth-order valence-electron chi connectivity index (χ4n) is 3.67. The van der Waals surface area contributed by atoms with E-state index in [1.165, 1.54) is 42.7 Å². The maximum atomic E-state index is 11.6. The molecule has 0 saturated carbocycles. The third-order valence-electron chi connectivity index (χ3n) is 5.44. The molecule has 4 rings (SSSR count). The summed E-state index contributed by atoms with van der Waals surface area (Å²) in [5.74, 6) is 2.50. The molecule has 212 valence electrons. The number of hydrogen-bond acceptors (Lipinski definition) is 10.